The van der Waals surface area contributed by atoms with Gasteiger partial charge in [-0.05, 0) is 42.9 Å². The van der Waals surface area contributed by atoms with Gasteiger partial charge < -0.3 is 10.1 Å². The predicted molar refractivity (Wildman–Crippen MR) is 107 cm³/mol. The van der Waals surface area contributed by atoms with Gasteiger partial charge in [0, 0.05) is 18.2 Å². The Labute approximate surface area is 166 Å². The van der Waals surface area contributed by atoms with Crippen LogP contribution in [0.4, 0.5) is 0 Å². The fourth-order valence-corrected chi connectivity index (χ4v) is 3.53. The number of benzene rings is 1. The fraction of sp³-hybridized carbons (Fsp3) is 0.500. The summed E-state index contributed by atoms with van der Waals surface area (Å²) in [6.07, 6.45) is 2.43. The smallest absolute Gasteiger partial charge is 0.271 e. The SMILES string of the molecule is CC(C)Cc1cc(C(=O)NCC2COc3ccccc3CCC(C)C2=O)n[nH]1. The van der Waals surface area contributed by atoms with Crippen LogP contribution in [0.3, 0.4) is 0 Å². The van der Waals surface area contributed by atoms with Gasteiger partial charge in [-0.2, -0.15) is 5.10 Å². The van der Waals surface area contributed by atoms with E-state index in [9.17, 15) is 9.59 Å². The number of aromatic nitrogens is 2. The maximum absolute atomic E-state index is 12.8. The van der Waals surface area contributed by atoms with Crippen LogP contribution in [0.1, 0.15) is 48.9 Å². The standard InChI is InChI=1S/C22H29N3O3/c1-14(2)10-18-11-19(25-24-18)22(27)23-12-17-13-28-20-7-5-4-6-16(20)9-8-15(3)21(17)26/h4-7,11,14-15,17H,8-10,12-13H2,1-3H3,(H,23,27)(H,24,25). The summed E-state index contributed by atoms with van der Waals surface area (Å²) in [5, 5.41) is 9.86. The normalized spacial score (nSPS) is 19.9. The molecule has 1 aliphatic rings. The van der Waals surface area contributed by atoms with Crippen LogP contribution in [0.15, 0.2) is 30.3 Å². The molecule has 1 aromatic heterocycles. The average molecular weight is 383 g/mol. The molecule has 0 spiro atoms. The number of hydrogen-bond donors (Lipinski definition) is 2. The summed E-state index contributed by atoms with van der Waals surface area (Å²) >= 11 is 0. The van der Waals surface area contributed by atoms with Gasteiger partial charge in [-0.25, -0.2) is 0 Å². The van der Waals surface area contributed by atoms with Crippen molar-refractivity contribution < 1.29 is 14.3 Å². The molecule has 2 heterocycles. The zero-order valence-electron chi connectivity index (χ0n) is 16.8. The maximum atomic E-state index is 12.8. The Kier molecular flexibility index (Phi) is 6.49. The van der Waals surface area contributed by atoms with Gasteiger partial charge in [0.25, 0.3) is 5.91 Å². The first-order valence-corrected chi connectivity index (χ1v) is 10.0. The van der Waals surface area contributed by atoms with Crippen LogP contribution in [0.2, 0.25) is 0 Å². The Morgan fingerprint density at radius 2 is 2.14 bits per heavy atom. The van der Waals surface area contributed by atoms with Crippen molar-refractivity contribution in [2.45, 2.75) is 40.0 Å². The van der Waals surface area contributed by atoms with Crippen molar-refractivity contribution in [3.05, 3.63) is 47.3 Å². The molecular weight excluding hydrogens is 354 g/mol. The number of Topliss-reactive ketones (excluding diaryl/α,β-unsaturated/α-hetero) is 1. The molecule has 0 bridgehead atoms. The second-order valence-corrected chi connectivity index (χ2v) is 8.04. The van der Waals surface area contributed by atoms with E-state index in [0.29, 0.717) is 11.6 Å². The van der Waals surface area contributed by atoms with E-state index in [4.69, 9.17) is 4.74 Å². The van der Waals surface area contributed by atoms with Crippen LogP contribution in [0.5, 0.6) is 5.75 Å². The molecule has 150 valence electrons. The van der Waals surface area contributed by atoms with Gasteiger partial charge in [-0.3, -0.25) is 14.7 Å². The number of nitrogens with one attached hydrogen (secondary N) is 2. The third-order valence-electron chi connectivity index (χ3n) is 5.15. The fourth-order valence-electron chi connectivity index (χ4n) is 3.53. The zero-order chi connectivity index (χ0) is 20.1. The van der Waals surface area contributed by atoms with Gasteiger partial charge >= 0.3 is 0 Å². The van der Waals surface area contributed by atoms with Crippen LogP contribution in [-0.4, -0.2) is 35.0 Å². The molecule has 2 N–H and O–H groups in total. The lowest BCUT2D eigenvalue weighted by atomic mass is 9.90. The molecule has 0 fully saturated rings. The molecule has 2 aromatic rings. The third kappa shape index (κ3) is 5.00. The number of amides is 1. The Hall–Kier alpha value is -2.63. The van der Waals surface area contributed by atoms with Gasteiger partial charge in [-0.1, -0.05) is 39.0 Å². The maximum Gasteiger partial charge on any atom is 0.271 e. The number of para-hydroxylation sites is 1. The summed E-state index contributed by atoms with van der Waals surface area (Å²) in [6, 6.07) is 9.68. The molecule has 0 saturated heterocycles. The molecular formula is C22H29N3O3. The average Bonchev–Trinajstić information content (AvgIpc) is 3.14. The Balaban J connectivity index is 1.64. The molecule has 0 aliphatic carbocycles. The van der Waals surface area contributed by atoms with Gasteiger partial charge in [0.2, 0.25) is 0 Å². The van der Waals surface area contributed by atoms with E-state index in [1.807, 2.05) is 31.2 Å². The first-order chi connectivity index (χ1) is 13.4. The summed E-state index contributed by atoms with van der Waals surface area (Å²) in [5.41, 5.74) is 2.42. The zero-order valence-corrected chi connectivity index (χ0v) is 16.8. The van der Waals surface area contributed by atoms with Crippen molar-refractivity contribution in [2.75, 3.05) is 13.2 Å². The quantitative estimate of drug-likeness (QED) is 0.830. The van der Waals surface area contributed by atoms with Crippen molar-refractivity contribution in [3.8, 4) is 5.75 Å². The van der Waals surface area contributed by atoms with Crippen molar-refractivity contribution in [3.63, 3.8) is 0 Å². The number of nitrogens with zero attached hydrogens (tertiary/aromatic N) is 1. The van der Waals surface area contributed by atoms with E-state index in [0.717, 1.165) is 36.3 Å². The molecule has 0 radical (unpaired) electrons. The van der Waals surface area contributed by atoms with Gasteiger partial charge in [0.05, 0.1) is 12.5 Å². The highest BCUT2D eigenvalue weighted by Gasteiger charge is 2.27. The van der Waals surface area contributed by atoms with Crippen molar-refractivity contribution in [2.24, 2.45) is 17.8 Å². The molecule has 2 unspecified atom stereocenters. The molecule has 1 amide bonds. The molecule has 1 aliphatic heterocycles. The number of aryl methyl sites for hydroxylation is 1. The van der Waals surface area contributed by atoms with E-state index in [2.05, 4.69) is 29.4 Å². The third-order valence-corrected chi connectivity index (χ3v) is 5.15. The number of ketones is 1. The van der Waals surface area contributed by atoms with Gasteiger partial charge in [0.1, 0.15) is 17.2 Å². The lowest BCUT2D eigenvalue weighted by molar-refractivity contribution is -0.127. The topological polar surface area (TPSA) is 84.1 Å². The molecule has 1 aromatic carbocycles. The number of H-pyrrole nitrogens is 1. The number of carbonyl (C=O) groups is 2. The number of rotatable bonds is 5. The number of aromatic amines is 1. The van der Waals surface area contributed by atoms with E-state index in [1.54, 1.807) is 6.07 Å². The highest BCUT2D eigenvalue weighted by Crippen LogP contribution is 2.25. The minimum absolute atomic E-state index is 0.0697. The van der Waals surface area contributed by atoms with E-state index in [-0.39, 0.29) is 36.7 Å². The minimum atomic E-state index is -0.376. The summed E-state index contributed by atoms with van der Waals surface area (Å²) in [4.78, 5) is 25.3. The second kappa shape index (κ2) is 9.04. The number of ether oxygens (including phenoxy) is 1. The largest absolute Gasteiger partial charge is 0.492 e. The molecule has 6 heteroatoms. The lowest BCUT2D eigenvalue weighted by Gasteiger charge is -2.19. The lowest BCUT2D eigenvalue weighted by Crippen LogP contribution is -2.38. The van der Waals surface area contributed by atoms with E-state index >= 15 is 0 Å². The summed E-state index contributed by atoms with van der Waals surface area (Å²) in [5.74, 6) is 0.724. The van der Waals surface area contributed by atoms with E-state index < -0.39 is 0 Å². The molecule has 2 atom stereocenters. The van der Waals surface area contributed by atoms with Crippen molar-refractivity contribution in [1.82, 2.24) is 15.5 Å². The summed E-state index contributed by atoms with van der Waals surface area (Å²) in [7, 11) is 0. The Morgan fingerprint density at radius 1 is 1.36 bits per heavy atom. The predicted octanol–water partition coefficient (Wildman–Crippen LogP) is 3.18. The highest BCUT2D eigenvalue weighted by atomic mass is 16.5. The summed E-state index contributed by atoms with van der Waals surface area (Å²) < 4.78 is 5.93. The minimum Gasteiger partial charge on any atom is -0.492 e. The van der Waals surface area contributed by atoms with Crippen molar-refractivity contribution in [1.29, 1.82) is 0 Å². The highest BCUT2D eigenvalue weighted by molar-refractivity contribution is 5.93. The first-order valence-electron chi connectivity index (χ1n) is 10.0. The molecule has 28 heavy (non-hydrogen) atoms. The number of carbonyl (C=O) groups excluding carboxylic acids is 2. The second-order valence-electron chi connectivity index (χ2n) is 8.04. The van der Waals surface area contributed by atoms with E-state index in [1.165, 1.54) is 0 Å². The number of fused-ring (bicyclic) bond motifs is 1. The van der Waals surface area contributed by atoms with Crippen molar-refractivity contribution >= 4 is 11.7 Å². The van der Waals surface area contributed by atoms with Crippen LogP contribution in [0.25, 0.3) is 0 Å². The first kappa shape index (κ1) is 20.1. The van der Waals surface area contributed by atoms with Gasteiger partial charge in [0.15, 0.2) is 0 Å². The number of hydrogen-bond acceptors (Lipinski definition) is 4. The van der Waals surface area contributed by atoms with Crippen LogP contribution in [0, 0.1) is 17.8 Å². The Morgan fingerprint density at radius 3 is 2.93 bits per heavy atom. The molecule has 0 saturated carbocycles. The summed E-state index contributed by atoms with van der Waals surface area (Å²) in [6.45, 7) is 6.69. The molecule has 3 rings (SSSR count). The monoisotopic (exact) mass is 383 g/mol. The molecule has 6 nitrogen and oxygen atoms in total. The van der Waals surface area contributed by atoms with Crippen LogP contribution in [-0.2, 0) is 17.6 Å². The van der Waals surface area contributed by atoms with Crippen LogP contribution < -0.4 is 10.1 Å². The van der Waals surface area contributed by atoms with Gasteiger partial charge in [-0.15, -0.1) is 0 Å². The van der Waals surface area contributed by atoms with Crippen LogP contribution >= 0.6 is 0 Å². The Bertz CT molecular complexity index is 828.